The molecular weight excluding hydrogens is 334 g/mol. The molecule has 0 unspecified atom stereocenters. The molecule has 0 spiro atoms. The third-order valence-electron chi connectivity index (χ3n) is 5.05. The van der Waals surface area contributed by atoms with Crippen LogP contribution in [0.4, 0.5) is 5.69 Å². The zero-order chi connectivity index (χ0) is 18.7. The number of benzene rings is 2. The molecule has 0 aromatic heterocycles. The Hall–Kier alpha value is -2.73. The van der Waals surface area contributed by atoms with E-state index in [9.17, 15) is 20.0 Å². The molecular formula is C20H21NO5. The van der Waals surface area contributed by atoms with Gasteiger partial charge < -0.3 is 9.84 Å². The molecule has 136 valence electrons. The molecule has 0 bridgehead atoms. The van der Waals surface area contributed by atoms with Gasteiger partial charge in [0.25, 0.3) is 5.69 Å². The molecule has 26 heavy (non-hydrogen) atoms. The average molecular weight is 355 g/mol. The van der Waals surface area contributed by atoms with E-state index >= 15 is 0 Å². The number of nitrogens with zero attached hydrogens (tertiary/aromatic N) is 1. The Bertz CT molecular complexity index is 773. The fraction of sp³-hybridized carbons (Fsp3) is 0.350. The normalized spacial score (nSPS) is 22.3. The van der Waals surface area contributed by atoms with Crippen molar-refractivity contribution in [1.29, 1.82) is 0 Å². The largest absolute Gasteiger partial charge is 0.478 e. The summed E-state index contributed by atoms with van der Waals surface area (Å²) < 4.78 is 5.99. The molecule has 6 nitrogen and oxygen atoms in total. The Balaban J connectivity index is 1.82. The van der Waals surface area contributed by atoms with Gasteiger partial charge >= 0.3 is 5.97 Å². The van der Waals surface area contributed by atoms with E-state index in [4.69, 9.17) is 4.74 Å². The summed E-state index contributed by atoms with van der Waals surface area (Å²) in [5, 5.41) is 20.9. The average Bonchev–Trinajstić information content (AvgIpc) is 3.00. The summed E-state index contributed by atoms with van der Waals surface area (Å²) in [6, 6.07) is 14.1. The van der Waals surface area contributed by atoms with Crippen molar-refractivity contribution in [2.24, 2.45) is 5.92 Å². The molecule has 1 fully saturated rings. The van der Waals surface area contributed by atoms with Crippen LogP contribution in [0.3, 0.4) is 0 Å². The maximum absolute atomic E-state index is 11.6. The molecule has 1 aliphatic carbocycles. The van der Waals surface area contributed by atoms with E-state index in [0.29, 0.717) is 18.6 Å². The van der Waals surface area contributed by atoms with E-state index in [1.54, 1.807) is 0 Å². The fourth-order valence-electron chi connectivity index (χ4n) is 3.81. The van der Waals surface area contributed by atoms with Gasteiger partial charge in [-0.15, -0.1) is 0 Å². The van der Waals surface area contributed by atoms with Crippen LogP contribution in [0.1, 0.15) is 47.2 Å². The SMILES string of the molecule is C[C@H]1C[C@H](OCc2ccccc2)C[C@H]1c1c(C(=O)O)cccc1[N+](=O)[O-]. The highest BCUT2D eigenvalue weighted by molar-refractivity contribution is 5.91. The van der Waals surface area contributed by atoms with Crippen molar-refractivity contribution in [2.75, 3.05) is 0 Å². The molecule has 0 heterocycles. The molecule has 3 rings (SSSR count). The molecule has 0 amide bonds. The van der Waals surface area contributed by atoms with Crippen LogP contribution in [0, 0.1) is 16.0 Å². The van der Waals surface area contributed by atoms with Crippen molar-refractivity contribution in [3.05, 3.63) is 75.3 Å². The second-order valence-electron chi connectivity index (χ2n) is 6.77. The lowest BCUT2D eigenvalue weighted by molar-refractivity contribution is -0.385. The number of hydrogen-bond donors (Lipinski definition) is 1. The number of aromatic carboxylic acids is 1. The minimum absolute atomic E-state index is 0.0137. The van der Waals surface area contributed by atoms with Gasteiger partial charge in [0.05, 0.1) is 23.2 Å². The first-order valence-corrected chi connectivity index (χ1v) is 8.63. The summed E-state index contributed by atoms with van der Waals surface area (Å²) >= 11 is 0. The molecule has 1 saturated carbocycles. The Morgan fingerprint density at radius 3 is 2.58 bits per heavy atom. The summed E-state index contributed by atoms with van der Waals surface area (Å²) in [6.45, 7) is 2.48. The standard InChI is InChI=1S/C20H21NO5/c1-13-10-15(26-12-14-6-3-2-4-7-14)11-17(13)19-16(20(22)23)8-5-9-18(19)21(24)25/h2-9,13,15,17H,10-12H2,1H3,(H,22,23)/t13-,15-,17+/m0/s1. The number of rotatable bonds is 6. The van der Waals surface area contributed by atoms with Crippen LogP contribution in [-0.2, 0) is 11.3 Å². The van der Waals surface area contributed by atoms with Crippen LogP contribution in [0.15, 0.2) is 48.5 Å². The number of carbonyl (C=O) groups is 1. The number of hydrogen-bond acceptors (Lipinski definition) is 4. The lowest BCUT2D eigenvalue weighted by Gasteiger charge is -2.17. The van der Waals surface area contributed by atoms with Crippen LogP contribution in [0.5, 0.6) is 0 Å². The van der Waals surface area contributed by atoms with E-state index in [2.05, 4.69) is 0 Å². The van der Waals surface area contributed by atoms with Crippen molar-refractivity contribution < 1.29 is 19.6 Å². The second kappa shape index (κ2) is 7.66. The number of nitro benzene ring substituents is 1. The molecule has 3 atom stereocenters. The van der Waals surface area contributed by atoms with E-state index in [1.165, 1.54) is 18.2 Å². The van der Waals surface area contributed by atoms with E-state index in [0.717, 1.165) is 12.0 Å². The van der Waals surface area contributed by atoms with Crippen molar-refractivity contribution in [2.45, 2.75) is 38.4 Å². The summed E-state index contributed by atoms with van der Waals surface area (Å²) in [6.07, 6.45) is 1.29. The summed E-state index contributed by atoms with van der Waals surface area (Å²) in [5.74, 6) is -1.23. The molecule has 2 aromatic carbocycles. The first kappa shape index (κ1) is 18.1. The van der Waals surface area contributed by atoms with Crippen molar-refractivity contribution in [1.82, 2.24) is 0 Å². The van der Waals surface area contributed by atoms with Gasteiger partial charge in [-0.2, -0.15) is 0 Å². The maximum Gasteiger partial charge on any atom is 0.336 e. The molecule has 1 aliphatic rings. The third-order valence-corrected chi connectivity index (χ3v) is 5.05. The number of nitro groups is 1. The van der Waals surface area contributed by atoms with Gasteiger partial charge in [-0.25, -0.2) is 4.79 Å². The Morgan fingerprint density at radius 1 is 1.19 bits per heavy atom. The molecule has 6 heteroatoms. The van der Waals surface area contributed by atoms with Crippen LogP contribution in [-0.4, -0.2) is 22.1 Å². The van der Waals surface area contributed by atoms with Crippen molar-refractivity contribution in [3.63, 3.8) is 0 Å². The molecule has 1 N–H and O–H groups in total. The summed E-state index contributed by atoms with van der Waals surface area (Å²) in [5.41, 5.74) is 1.29. The molecule has 2 aromatic rings. The first-order valence-electron chi connectivity index (χ1n) is 8.63. The predicted octanol–water partition coefficient (Wildman–Crippen LogP) is 4.39. The highest BCUT2D eigenvalue weighted by Gasteiger charge is 2.39. The summed E-state index contributed by atoms with van der Waals surface area (Å²) in [4.78, 5) is 22.5. The second-order valence-corrected chi connectivity index (χ2v) is 6.77. The zero-order valence-corrected chi connectivity index (χ0v) is 14.5. The van der Waals surface area contributed by atoms with Gasteiger partial charge in [0, 0.05) is 11.6 Å². The van der Waals surface area contributed by atoms with E-state index in [1.807, 2.05) is 37.3 Å². The maximum atomic E-state index is 11.6. The van der Waals surface area contributed by atoms with Crippen molar-refractivity contribution >= 4 is 11.7 Å². The number of ether oxygens (including phenoxy) is 1. The molecule has 0 radical (unpaired) electrons. The Kier molecular flexibility index (Phi) is 5.32. The molecule has 0 saturated heterocycles. The fourth-order valence-corrected chi connectivity index (χ4v) is 3.81. The first-order chi connectivity index (χ1) is 12.5. The smallest absolute Gasteiger partial charge is 0.336 e. The van der Waals surface area contributed by atoms with Crippen molar-refractivity contribution in [3.8, 4) is 0 Å². The summed E-state index contributed by atoms with van der Waals surface area (Å²) in [7, 11) is 0. The zero-order valence-electron chi connectivity index (χ0n) is 14.5. The van der Waals surface area contributed by atoms with Gasteiger partial charge in [-0.1, -0.05) is 43.3 Å². The van der Waals surface area contributed by atoms with Gasteiger partial charge in [-0.3, -0.25) is 10.1 Å². The van der Waals surface area contributed by atoms with Crippen LogP contribution in [0.25, 0.3) is 0 Å². The van der Waals surface area contributed by atoms with Crippen LogP contribution in [0.2, 0.25) is 0 Å². The highest BCUT2D eigenvalue weighted by Crippen LogP contribution is 2.45. The minimum atomic E-state index is -1.13. The van der Waals surface area contributed by atoms with Gasteiger partial charge in [0.2, 0.25) is 0 Å². The minimum Gasteiger partial charge on any atom is -0.478 e. The number of carboxylic acid groups (broad SMARTS) is 1. The highest BCUT2D eigenvalue weighted by atomic mass is 16.6. The van der Waals surface area contributed by atoms with Gasteiger partial charge in [-0.05, 0) is 36.3 Å². The monoisotopic (exact) mass is 355 g/mol. The topological polar surface area (TPSA) is 89.7 Å². The molecule has 0 aliphatic heterocycles. The number of carboxylic acids is 1. The van der Waals surface area contributed by atoms with Crippen LogP contribution >= 0.6 is 0 Å². The lowest BCUT2D eigenvalue weighted by Crippen LogP contribution is -2.13. The van der Waals surface area contributed by atoms with Gasteiger partial charge in [0.15, 0.2) is 0 Å². The Labute approximate surface area is 151 Å². The third kappa shape index (κ3) is 3.75. The Morgan fingerprint density at radius 2 is 1.92 bits per heavy atom. The predicted molar refractivity (Wildman–Crippen MR) is 96.2 cm³/mol. The quantitative estimate of drug-likeness (QED) is 0.613. The van der Waals surface area contributed by atoms with Crippen LogP contribution < -0.4 is 0 Å². The lowest BCUT2D eigenvalue weighted by atomic mass is 9.86. The van der Waals surface area contributed by atoms with Gasteiger partial charge in [0.1, 0.15) is 0 Å². The van der Waals surface area contributed by atoms with E-state index < -0.39 is 10.9 Å². The van der Waals surface area contributed by atoms with E-state index in [-0.39, 0.29) is 29.2 Å².